The van der Waals surface area contributed by atoms with Gasteiger partial charge in [0, 0.05) is 36.8 Å². The van der Waals surface area contributed by atoms with E-state index in [0.717, 1.165) is 16.8 Å². The number of aromatic nitrogens is 3. The Hall–Kier alpha value is -1.77. The molecule has 0 unspecified atom stereocenters. The zero-order valence-corrected chi connectivity index (χ0v) is 8.88. The van der Waals surface area contributed by atoms with Gasteiger partial charge in [0.05, 0.1) is 0 Å². The fourth-order valence-electron chi connectivity index (χ4n) is 1.37. The fraction of sp³-hybridized carbons (Fsp3) is 0.308. The Morgan fingerprint density at radius 2 is 1.69 bits per heavy atom. The minimum absolute atomic E-state index is 0. The summed E-state index contributed by atoms with van der Waals surface area (Å²) in [5.41, 5.74) is 3.16. The van der Waals surface area contributed by atoms with Gasteiger partial charge >= 0.3 is 0 Å². The normalized spacial score (nSPS) is 9.94. The first kappa shape index (κ1) is 12.3. The molecule has 0 spiro atoms. The highest BCUT2D eigenvalue weighted by atomic mass is 14.8. The molecule has 3 heteroatoms. The molecule has 0 atom stereocenters. The second-order valence-corrected chi connectivity index (χ2v) is 3.75. The first-order chi connectivity index (χ1) is 7.27. The van der Waals surface area contributed by atoms with Crippen molar-refractivity contribution in [3.63, 3.8) is 0 Å². The zero-order valence-electron chi connectivity index (χ0n) is 8.88. The number of rotatable bonds is 2. The Bertz CT molecular complexity index is 426. The molecule has 16 heavy (non-hydrogen) atoms. The van der Waals surface area contributed by atoms with Crippen molar-refractivity contribution in [2.45, 2.75) is 27.2 Å². The maximum Gasteiger partial charge on any atom is 0.115 e. The van der Waals surface area contributed by atoms with E-state index in [-0.39, 0.29) is 8.85 Å². The Morgan fingerprint density at radius 3 is 2.19 bits per heavy atom. The van der Waals surface area contributed by atoms with Gasteiger partial charge in [-0.25, -0.2) is 9.97 Å². The lowest BCUT2D eigenvalue weighted by molar-refractivity contribution is 0.823. The first-order valence-corrected chi connectivity index (χ1v) is 4.98. The molecule has 2 heterocycles. The maximum absolute atomic E-state index is 4.40. The molecule has 0 saturated heterocycles. The zero-order chi connectivity index (χ0) is 10.7. The predicted molar refractivity (Wildman–Crippen MR) is 68.2 cm³/mol. The lowest BCUT2D eigenvalue weighted by atomic mass is 10.1. The lowest BCUT2D eigenvalue weighted by Gasteiger charge is -2.05. The standard InChI is InChI=1S/C12H13N3.CH4.H2/c1-9(2)12-4-3-10(7-15-12)11-5-13-8-14-6-11;;/h3-9H,1-2H3;1H4;1H. The molecule has 0 aliphatic carbocycles. The average Bonchev–Trinajstić information content (AvgIpc) is 2.30. The summed E-state index contributed by atoms with van der Waals surface area (Å²) in [6.07, 6.45) is 6.98. The lowest BCUT2D eigenvalue weighted by Crippen LogP contribution is -1.92. The molecule has 2 aromatic heterocycles. The molecule has 2 rings (SSSR count). The van der Waals surface area contributed by atoms with Gasteiger partial charge in [-0.3, -0.25) is 4.98 Å². The summed E-state index contributed by atoms with van der Waals surface area (Å²) in [6.45, 7) is 4.27. The molecule has 3 nitrogen and oxygen atoms in total. The molecule has 2 aromatic rings. The van der Waals surface area contributed by atoms with Crippen LogP contribution in [0.15, 0.2) is 37.1 Å². The van der Waals surface area contributed by atoms with Crippen LogP contribution in [-0.2, 0) is 0 Å². The van der Waals surface area contributed by atoms with Crippen molar-refractivity contribution < 1.29 is 1.43 Å². The van der Waals surface area contributed by atoms with Gasteiger partial charge in [-0.2, -0.15) is 0 Å². The second-order valence-electron chi connectivity index (χ2n) is 3.75. The monoisotopic (exact) mass is 217 g/mol. The van der Waals surface area contributed by atoms with Crippen molar-refractivity contribution in [3.8, 4) is 11.1 Å². The van der Waals surface area contributed by atoms with Crippen molar-refractivity contribution in [1.82, 2.24) is 15.0 Å². The summed E-state index contributed by atoms with van der Waals surface area (Å²) < 4.78 is 0. The molecule has 0 aromatic carbocycles. The molecule has 0 amide bonds. The molecule has 0 saturated carbocycles. The van der Waals surface area contributed by atoms with Gasteiger partial charge < -0.3 is 0 Å². The minimum Gasteiger partial charge on any atom is -0.260 e. The second kappa shape index (κ2) is 5.35. The Balaban J connectivity index is 0.00000128. The van der Waals surface area contributed by atoms with Gasteiger partial charge in [0.2, 0.25) is 0 Å². The topological polar surface area (TPSA) is 38.7 Å². The van der Waals surface area contributed by atoms with Crippen molar-refractivity contribution in [3.05, 3.63) is 42.7 Å². The SMILES string of the molecule is C.CC(C)c1ccc(-c2cncnc2)cn1.[HH]. The van der Waals surface area contributed by atoms with E-state index in [1.165, 1.54) is 6.33 Å². The Morgan fingerprint density at radius 1 is 1.00 bits per heavy atom. The summed E-state index contributed by atoms with van der Waals surface area (Å²) in [5.74, 6) is 0.464. The third kappa shape index (κ3) is 2.63. The third-order valence-corrected chi connectivity index (χ3v) is 2.27. The van der Waals surface area contributed by atoms with E-state index in [1.54, 1.807) is 12.4 Å². The summed E-state index contributed by atoms with van der Waals surface area (Å²) in [7, 11) is 0. The van der Waals surface area contributed by atoms with Crippen LogP contribution in [0.1, 0.15) is 34.3 Å². The van der Waals surface area contributed by atoms with Crippen LogP contribution in [0.2, 0.25) is 0 Å². The maximum atomic E-state index is 4.40. The smallest absolute Gasteiger partial charge is 0.115 e. The molecule has 0 aliphatic heterocycles. The van der Waals surface area contributed by atoms with Crippen molar-refractivity contribution in [2.75, 3.05) is 0 Å². The van der Waals surface area contributed by atoms with Gasteiger partial charge in [-0.05, 0) is 12.0 Å². The highest BCUT2D eigenvalue weighted by molar-refractivity contribution is 5.60. The molecule has 0 fully saturated rings. The fourth-order valence-corrected chi connectivity index (χ4v) is 1.37. The van der Waals surface area contributed by atoms with Crippen molar-refractivity contribution in [2.24, 2.45) is 0 Å². The van der Waals surface area contributed by atoms with Crippen LogP contribution in [0.3, 0.4) is 0 Å². The highest BCUT2D eigenvalue weighted by Gasteiger charge is 2.02. The molecule has 0 radical (unpaired) electrons. The van der Waals surface area contributed by atoms with Gasteiger partial charge in [-0.1, -0.05) is 27.3 Å². The summed E-state index contributed by atoms with van der Waals surface area (Å²) in [5, 5.41) is 0. The molecule has 0 bridgehead atoms. The van der Waals surface area contributed by atoms with Gasteiger partial charge in [0.15, 0.2) is 0 Å². The van der Waals surface area contributed by atoms with Crippen LogP contribution < -0.4 is 0 Å². The van der Waals surface area contributed by atoms with Crippen LogP contribution >= 0.6 is 0 Å². The highest BCUT2D eigenvalue weighted by Crippen LogP contribution is 2.18. The number of nitrogens with zero attached hydrogens (tertiary/aromatic N) is 3. The van der Waals surface area contributed by atoms with Crippen molar-refractivity contribution >= 4 is 0 Å². The number of hydrogen-bond acceptors (Lipinski definition) is 3. The van der Waals surface area contributed by atoms with E-state index < -0.39 is 0 Å². The summed E-state index contributed by atoms with van der Waals surface area (Å²) in [4.78, 5) is 12.4. The van der Waals surface area contributed by atoms with Crippen LogP contribution in [0.25, 0.3) is 11.1 Å². The van der Waals surface area contributed by atoms with E-state index in [9.17, 15) is 0 Å². The quantitative estimate of drug-likeness (QED) is 0.772. The molecule has 86 valence electrons. The number of pyridine rings is 1. The predicted octanol–water partition coefficient (Wildman–Crippen LogP) is 3.54. The molecular weight excluding hydrogens is 198 g/mol. The van der Waals surface area contributed by atoms with Crippen LogP contribution in [0, 0.1) is 0 Å². The first-order valence-electron chi connectivity index (χ1n) is 4.98. The largest absolute Gasteiger partial charge is 0.260 e. The molecule has 0 aliphatic rings. The summed E-state index contributed by atoms with van der Waals surface area (Å²) >= 11 is 0. The van der Waals surface area contributed by atoms with E-state index in [0.29, 0.717) is 5.92 Å². The van der Waals surface area contributed by atoms with Gasteiger partial charge in [-0.15, -0.1) is 0 Å². The number of hydrogen-bond donors (Lipinski definition) is 0. The Labute approximate surface area is 98.1 Å². The van der Waals surface area contributed by atoms with Crippen molar-refractivity contribution in [1.29, 1.82) is 0 Å². The van der Waals surface area contributed by atoms with Crippen LogP contribution in [0.5, 0.6) is 0 Å². The van der Waals surface area contributed by atoms with E-state index in [4.69, 9.17) is 0 Å². The van der Waals surface area contributed by atoms with Gasteiger partial charge in [0.25, 0.3) is 0 Å². The van der Waals surface area contributed by atoms with E-state index >= 15 is 0 Å². The average molecular weight is 217 g/mol. The summed E-state index contributed by atoms with van der Waals surface area (Å²) in [6, 6.07) is 4.11. The van der Waals surface area contributed by atoms with E-state index in [2.05, 4.69) is 34.9 Å². The minimum atomic E-state index is 0. The van der Waals surface area contributed by atoms with Crippen LogP contribution in [0.4, 0.5) is 0 Å². The van der Waals surface area contributed by atoms with E-state index in [1.807, 2.05) is 12.3 Å². The van der Waals surface area contributed by atoms with Crippen LogP contribution in [-0.4, -0.2) is 15.0 Å². The Kier molecular flexibility index (Phi) is 4.11. The molecule has 0 N–H and O–H groups in total. The molecular formula is C13H19N3. The van der Waals surface area contributed by atoms with Gasteiger partial charge in [0.1, 0.15) is 6.33 Å². The third-order valence-electron chi connectivity index (χ3n) is 2.27.